The first-order chi connectivity index (χ1) is 11.2. The number of hydrogen-bond donors (Lipinski definition) is 2. The second-order valence-corrected chi connectivity index (χ2v) is 5.73. The van der Waals surface area contributed by atoms with E-state index in [2.05, 4.69) is 54.6 Å². The van der Waals surface area contributed by atoms with Gasteiger partial charge in [-0.25, -0.2) is 0 Å². The molecule has 0 spiro atoms. The number of rotatable bonds is 3. The van der Waals surface area contributed by atoms with Gasteiger partial charge in [-0.05, 0) is 28.1 Å². The Hall–Kier alpha value is -3.07. The maximum Gasteiger partial charge on any atom is 0.193 e. The predicted octanol–water partition coefficient (Wildman–Crippen LogP) is 4.22. The molecular weight excluding hydrogens is 282 g/mol. The third kappa shape index (κ3) is 2.27. The molecule has 3 aromatic carbocycles. The highest BCUT2D eigenvalue weighted by Gasteiger charge is 2.17. The molecule has 0 fully saturated rings. The summed E-state index contributed by atoms with van der Waals surface area (Å²) in [5.74, 6) is 0.0560. The Bertz CT molecular complexity index is 914. The summed E-state index contributed by atoms with van der Waals surface area (Å²) in [6.45, 7) is 0.586. The maximum absolute atomic E-state index is 8.02. The van der Waals surface area contributed by atoms with Crippen LogP contribution in [-0.4, -0.2) is 5.96 Å². The normalized spacial score (nSPS) is 11.8. The Labute approximate surface area is 135 Å². The van der Waals surface area contributed by atoms with Crippen LogP contribution >= 0.6 is 0 Å². The van der Waals surface area contributed by atoms with Crippen LogP contribution in [0.2, 0.25) is 0 Å². The van der Waals surface area contributed by atoms with Crippen LogP contribution in [0.25, 0.3) is 22.9 Å². The van der Waals surface area contributed by atoms with E-state index in [0.29, 0.717) is 6.54 Å². The van der Waals surface area contributed by atoms with E-state index in [1.807, 2.05) is 23.1 Å². The molecular formula is C20H17N3. The minimum Gasteiger partial charge on any atom is -0.370 e. The second-order valence-electron chi connectivity index (χ2n) is 5.73. The predicted molar refractivity (Wildman–Crippen MR) is 97.4 cm³/mol. The molecule has 3 heteroatoms. The van der Waals surface area contributed by atoms with E-state index in [4.69, 9.17) is 11.1 Å². The molecule has 0 atom stereocenters. The van der Waals surface area contributed by atoms with E-state index in [1.165, 1.54) is 16.5 Å². The van der Waals surface area contributed by atoms with Crippen LogP contribution in [0.15, 0.2) is 60.7 Å². The summed E-state index contributed by atoms with van der Waals surface area (Å²) in [7, 11) is 0. The lowest BCUT2D eigenvalue weighted by atomic mass is 10.0. The summed E-state index contributed by atoms with van der Waals surface area (Å²) >= 11 is 0. The Morgan fingerprint density at radius 2 is 1.61 bits per heavy atom. The zero-order valence-corrected chi connectivity index (χ0v) is 12.7. The first kappa shape index (κ1) is 13.6. The fourth-order valence-electron chi connectivity index (χ4n) is 3.21. The molecule has 0 saturated carbocycles. The van der Waals surface area contributed by atoms with Crippen molar-refractivity contribution < 1.29 is 0 Å². The number of benzene rings is 3. The van der Waals surface area contributed by atoms with Crippen molar-refractivity contribution in [2.24, 2.45) is 5.73 Å². The van der Waals surface area contributed by atoms with Crippen LogP contribution in [-0.2, 0) is 6.54 Å². The summed E-state index contributed by atoms with van der Waals surface area (Å²) in [6, 6.07) is 20.5. The Morgan fingerprint density at radius 1 is 0.870 bits per heavy atom. The molecule has 0 saturated heterocycles. The zero-order valence-electron chi connectivity index (χ0n) is 12.7. The lowest BCUT2D eigenvalue weighted by Gasteiger charge is -2.25. The van der Waals surface area contributed by atoms with E-state index in [-0.39, 0.29) is 5.96 Å². The van der Waals surface area contributed by atoms with Crippen molar-refractivity contribution in [3.05, 3.63) is 77.4 Å². The van der Waals surface area contributed by atoms with E-state index in [9.17, 15) is 0 Å². The number of hydrogen-bond acceptors (Lipinski definition) is 1. The summed E-state index contributed by atoms with van der Waals surface area (Å²) < 4.78 is 0. The van der Waals surface area contributed by atoms with Gasteiger partial charge in [0.2, 0.25) is 0 Å². The minimum absolute atomic E-state index is 0.0560. The van der Waals surface area contributed by atoms with Gasteiger partial charge in [-0.1, -0.05) is 66.7 Å². The van der Waals surface area contributed by atoms with Crippen molar-refractivity contribution in [1.82, 2.24) is 0 Å². The molecule has 3 aromatic rings. The fraction of sp³-hybridized carbons (Fsp3) is 0.0500. The van der Waals surface area contributed by atoms with Crippen molar-refractivity contribution >= 4 is 34.6 Å². The van der Waals surface area contributed by atoms with Gasteiger partial charge in [-0.15, -0.1) is 0 Å². The van der Waals surface area contributed by atoms with E-state index in [1.54, 1.807) is 0 Å². The molecule has 0 aromatic heterocycles. The smallest absolute Gasteiger partial charge is 0.193 e. The van der Waals surface area contributed by atoms with Gasteiger partial charge >= 0.3 is 0 Å². The molecule has 4 rings (SSSR count). The molecule has 1 aliphatic rings. The van der Waals surface area contributed by atoms with Gasteiger partial charge in [0, 0.05) is 5.39 Å². The second kappa shape index (κ2) is 5.29. The molecule has 112 valence electrons. The molecule has 23 heavy (non-hydrogen) atoms. The average Bonchev–Trinajstić information content (AvgIpc) is 2.99. The maximum atomic E-state index is 8.02. The van der Waals surface area contributed by atoms with Crippen LogP contribution in [0.1, 0.15) is 16.7 Å². The first-order valence-electron chi connectivity index (χ1n) is 7.63. The molecule has 0 unspecified atom stereocenters. The molecule has 0 amide bonds. The van der Waals surface area contributed by atoms with Crippen molar-refractivity contribution in [1.29, 1.82) is 5.41 Å². The van der Waals surface area contributed by atoms with Gasteiger partial charge in [0.15, 0.2) is 5.96 Å². The van der Waals surface area contributed by atoms with Gasteiger partial charge in [0.05, 0.1) is 12.2 Å². The van der Waals surface area contributed by atoms with Crippen LogP contribution in [0.5, 0.6) is 0 Å². The van der Waals surface area contributed by atoms with Gasteiger partial charge in [-0.2, -0.15) is 0 Å². The van der Waals surface area contributed by atoms with Crippen molar-refractivity contribution in [2.75, 3.05) is 4.90 Å². The largest absolute Gasteiger partial charge is 0.370 e. The zero-order chi connectivity index (χ0) is 15.8. The molecule has 3 N–H and O–H groups in total. The van der Waals surface area contributed by atoms with E-state index >= 15 is 0 Å². The molecule has 0 aliphatic heterocycles. The van der Waals surface area contributed by atoms with E-state index in [0.717, 1.165) is 16.6 Å². The van der Waals surface area contributed by atoms with Crippen LogP contribution < -0.4 is 10.6 Å². The fourth-order valence-corrected chi connectivity index (χ4v) is 3.21. The van der Waals surface area contributed by atoms with Gasteiger partial charge in [0.1, 0.15) is 0 Å². The lowest BCUT2D eigenvalue weighted by molar-refractivity contribution is 0.990. The van der Waals surface area contributed by atoms with Gasteiger partial charge < -0.3 is 10.6 Å². The van der Waals surface area contributed by atoms with Crippen LogP contribution in [0.4, 0.5) is 5.69 Å². The van der Waals surface area contributed by atoms with Gasteiger partial charge in [0.25, 0.3) is 0 Å². The highest BCUT2D eigenvalue weighted by atomic mass is 15.2. The molecule has 0 bridgehead atoms. The van der Waals surface area contributed by atoms with Crippen LogP contribution in [0.3, 0.4) is 0 Å². The number of nitrogens with one attached hydrogen (secondary N) is 1. The monoisotopic (exact) mass is 299 g/mol. The molecule has 0 radical (unpaired) electrons. The summed E-state index contributed by atoms with van der Waals surface area (Å²) in [5, 5.41) is 10.4. The average molecular weight is 299 g/mol. The van der Waals surface area contributed by atoms with Crippen molar-refractivity contribution in [3.63, 3.8) is 0 Å². The molecule has 3 nitrogen and oxygen atoms in total. The summed E-state index contributed by atoms with van der Waals surface area (Å²) in [6.07, 6.45) is 4.27. The molecule has 1 aliphatic carbocycles. The summed E-state index contributed by atoms with van der Waals surface area (Å²) in [5.41, 5.74) is 10.4. The lowest BCUT2D eigenvalue weighted by Crippen LogP contribution is -2.36. The van der Waals surface area contributed by atoms with Crippen molar-refractivity contribution in [3.8, 4) is 0 Å². The SMILES string of the molecule is N=C(N)N(Cc1ccccc1)c1ccc2c3c(cccc13)C=C2. The third-order valence-electron chi connectivity index (χ3n) is 4.29. The quantitative estimate of drug-likeness (QED) is 0.439. The topological polar surface area (TPSA) is 53.1 Å². The van der Waals surface area contributed by atoms with Gasteiger partial charge in [-0.3, -0.25) is 5.41 Å². The Balaban J connectivity index is 1.85. The number of guanidine groups is 1. The van der Waals surface area contributed by atoms with E-state index < -0.39 is 0 Å². The number of nitrogens with two attached hydrogens (primary N) is 1. The number of anilines is 1. The first-order valence-corrected chi connectivity index (χ1v) is 7.63. The third-order valence-corrected chi connectivity index (χ3v) is 4.29. The van der Waals surface area contributed by atoms with Crippen LogP contribution in [0, 0.1) is 5.41 Å². The highest BCUT2D eigenvalue weighted by molar-refractivity contribution is 6.12. The number of nitrogens with zero attached hydrogens (tertiary/aromatic N) is 1. The standard InChI is InChI=1S/C20H17N3/c21-20(22)23(13-14-5-2-1-3-6-14)18-12-11-16-10-9-15-7-4-8-17(18)19(15)16/h1-12H,13H2,(H3,21,22). The van der Waals surface area contributed by atoms with Crippen molar-refractivity contribution in [2.45, 2.75) is 6.54 Å². The highest BCUT2D eigenvalue weighted by Crippen LogP contribution is 2.37. The Kier molecular flexibility index (Phi) is 3.12. The Morgan fingerprint density at radius 3 is 2.35 bits per heavy atom. The minimum atomic E-state index is 0.0560. The molecule has 0 heterocycles. The summed E-state index contributed by atoms with van der Waals surface area (Å²) in [4.78, 5) is 1.86.